The van der Waals surface area contributed by atoms with Gasteiger partial charge in [-0.15, -0.1) is 0 Å². The molecule has 4 heteroatoms. The number of nitrogens with one attached hydrogen (secondary N) is 1. The maximum absolute atomic E-state index is 5.90. The van der Waals surface area contributed by atoms with E-state index in [1.807, 2.05) is 97.2 Å². The van der Waals surface area contributed by atoms with E-state index in [4.69, 9.17) is 4.74 Å². The van der Waals surface area contributed by atoms with E-state index < -0.39 is 0 Å². The molecular formula is C27H21N3O. The highest BCUT2D eigenvalue weighted by atomic mass is 16.5. The molecule has 0 spiro atoms. The Morgan fingerprint density at radius 2 is 1.61 bits per heavy atom. The summed E-state index contributed by atoms with van der Waals surface area (Å²) in [6.45, 7) is 0.546. The molecule has 0 unspecified atom stereocenters. The molecule has 0 aliphatic heterocycles. The van der Waals surface area contributed by atoms with Crippen LogP contribution in [0.1, 0.15) is 11.1 Å². The Morgan fingerprint density at radius 3 is 2.45 bits per heavy atom. The molecule has 0 aliphatic rings. The fourth-order valence-corrected chi connectivity index (χ4v) is 3.37. The Hall–Kier alpha value is -4.18. The van der Waals surface area contributed by atoms with Crippen LogP contribution in [0.15, 0.2) is 108 Å². The molecule has 1 heterocycles. The number of aromatic amines is 1. The van der Waals surface area contributed by atoms with Gasteiger partial charge in [0, 0.05) is 11.8 Å². The Bertz CT molecular complexity index is 1290. The Kier molecular flexibility index (Phi) is 5.27. The van der Waals surface area contributed by atoms with Gasteiger partial charge in [0.05, 0.1) is 16.7 Å². The maximum Gasteiger partial charge on any atom is 0.138 e. The molecule has 0 radical (unpaired) electrons. The van der Waals surface area contributed by atoms with Gasteiger partial charge in [-0.1, -0.05) is 54.6 Å². The molecule has 4 aromatic carbocycles. The summed E-state index contributed by atoms with van der Waals surface area (Å²) >= 11 is 0. The zero-order valence-corrected chi connectivity index (χ0v) is 16.9. The predicted octanol–water partition coefficient (Wildman–Crippen LogP) is 6.56. The third kappa shape index (κ3) is 4.54. The minimum atomic E-state index is 0.546. The number of benzene rings is 4. The topological polar surface area (TPSA) is 50.3 Å². The first-order chi connectivity index (χ1) is 15.3. The number of nitrogens with zero attached hydrogens (tertiary/aromatic N) is 2. The van der Waals surface area contributed by atoms with Gasteiger partial charge in [-0.25, -0.2) is 4.98 Å². The van der Waals surface area contributed by atoms with Crippen LogP contribution in [0.3, 0.4) is 0 Å². The monoisotopic (exact) mass is 403 g/mol. The summed E-state index contributed by atoms with van der Waals surface area (Å²) in [7, 11) is 0. The smallest absolute Gasteiger partial charge is 0.138 e. The lowest BCUT2D eigenvalue weighted by Gasteiger charge is -2.06. The zero-order chi connectivity index (χ0) is 20.9. The number of ether oxygens (including phenoxy) is 1. The van der Waals surface area contributed by atoms with Crippen LogP contribution >= 0.6 is 0 Å². The summed E-state index contributed by atoms with van der Waals surface area (Å²) in [5.74, 6) is 1.69. The van der Waals surface area contributed by atoms with Crippen LogP contribution in [0.2, 0.25) is 0 Å². The molecule has 1 aromatic heterocycles. The van der Waals surface area contributed by atoms with E-state index in [2.05, 4.69) is 27.1 Å². The Balaban J connectivity index is 1.27. The van der Waals surface area contributed by atoms with Gasteiger partial charge in [0.2, 0.25) is 0 Å². The third-order valence-corrected chi connectivity index (χ3v) is 5.00. The van der Waals surface area contributed by atoms with Gasteiger partial charge in [0.15, 0.2) is 0 Å². The minimum Gasteiger partial charge on any atom is -0.489 e. The highest BCUT2D eigenvalue weighted by molar-refractivity contribution is 5.83. The second-order valence-electron chi connectivity index (χ2n) is 7.25. The van der Waals surface area contributed by atoms with Crippen molar-refractivity contribution in [3.05, 3.63) is 114 Å². The van der Waals surface area contributed by atoms with E-state index in [0.717, 1.165) is 45.0 Å². The standard InChI is InChI=1S/C27H21N3O/c1-2-7-20(8-3-1)19-31-24-10-6-9-21(17-24)18-28-23-15-13-22(14-16-23)27-29-25-11-4-5-12-26(25)30-27/h1-18H,19H2,(H,29,30). The van der Waals surface area contributed by atoms with Crippen LogP contribution in [0.5, 0.6) is 5.75 Å². The van der Waals surface area contributed by atoms with Gasteiger partial charge in [-0.05, 0) is 59.7 Å². The average molecular weight is 403 g/mol. The first-order valence-electron chi connectivity index (χ1n) is 10.2. The normalized spacial score (nSPS) is 11.2. The summed E-state index contributed by atoms with van der Waals surface area (Å²) in [4.78, 5) is 12.6. The van der Waals surface area contributed by atoms with Crippen molar-refractivity contribution < 1.29 is 4.74 Å². The van der Waals surface area contributed by atoms with Gasteiger partial charge in [0.1, 0.15) is 18.2 Å². The van der Waals surface area contributed by atoms with Gasteiger partial charge < -0.3 is 9.72 Å². The van der Waals surface area contributed by atoms with E-state index in [1.54, 1.807) is 0 Å². The van der Waals surface area contributed by atoms with Crippen LogP contribution in [-0.2, 0) is 6.61 Å². The molecular weight excluding hydrogens is 382 g/mol. The molecule has 5 rings (SSSR count). The Labute approximate surface area is 180 Å². The van der Waals surface area contributed by atoms with E-state index in [-0.39, 0.29) is 0 Å². The van der Waals surface area contributed by atoms with Crippen LogP contribution in [0.4, 0.5) is 5.69 Å². The molecule has 1 N–H and O–H groups in total. The van der Waals surface area contributed by atoms with Gasteiger partial charge >= 0.3 is 0 Å². The number of para-hydroxylation sites is 2. The number of aromatic nitrogens is 2. The van der Waals surface area contributed by atoms with Crippen LogP contribution in [0.25, 0.3) is 22.4 Å². The molecule has 0 saturated heterocycles. The lowest BCUT2D eigenvalue weighted by molar-refractivity contribution is 0.306. The van der Waals surface area contributed by atoms with Crippen molar-refractivity contribution in [2.45, 2.75) is 6.61 Å². The van der Waals surface area contributed by atoms with Crippen molar-refractivity contribution in [2.75, 3.05) is 0 Å². The van der Waals surface area contributed by atoms with E-state index in [1.165, 1.54) is 0 Å². The molecule has 4 nitrogen and oxygen atoms in total. The molecule has 31 heavy (non-hydrogen) atoms. The summed E-state index contributed by atoms with van der Waals surface area (Å²) < 4.78 is 5.90. The van der Waals surface area contributed by atoms with Crippen molar-refractivity contribution in [2.24, 2.45) is 4.99 Å². The molecule has 0 atom stereocenters. The lowest BCUT2D eigenvalue weighted by atomic mass is 10.2. The minimum absolute atomic E-state index is 0.546. The SMILES string of the molecule is C(=Nc1ccc(-c2nc3ccccc3[nH]2)cc1)c1cccc(OCc2ccccc2)c1. The van der Waals surface area contributed by atoms with Crippen molar-refractivity contribution in [3.63, 3.8) is 0 Å². The van der Waals surface area contributed by atoms with Gasteiger partial charge in [0.25, 0.3) is 0 Å². The number of rotatable bonds is 6. The Morgan fingerprint density at radius 1 is 0.806 bits per heavy atom. The summed E-state index contributed by atoms with van der Waals surface area (Å²) in [6, 6.07) is 34.2. The highest BCUT2D eigenvalue weighted by Crippen LogP contribution is 2.23. The average Bonchev–Trinajstić information content (AvgIpc) is 3.27. The van der Waals surface area contributed by atoms with Crippen LogP contribution in [-0.4, -0.2) is 16.2 Å². The number of imidazole rings is 1. The van der Waals surface area contributed by atoms with Crippen LogP contribution < -0.4 is 4.74 Å². The number of aliphatic imine (C=N–C) groups is 1. The van der Waals surface area contributed by atoms with Crippen molar-refractivity contribution in [1.82, 2.24) is 9.97 Å². The quantitative estimate of drug-likeness (QED) is 0.326. The number of fused-ring (bicyclic) bond motifs is 1. The van der Waals surface area contributed by atoms with Crippen molar-refractivity contribution >= 4 is 22.9 Å². The fraction of sp³-hybridized carbons (Fsp3) is 0.0370. The highest BCUT2D eigenvalue weighted by Gasteiger charge is 2.04. The zero-order valence-electron chi connectivity index (χ0n) is 16.9. The number of H-pyrrole nitrogens is 1. The molecule has 0 amide bonds. The summed E-state index contributed by atoms with van der Waals surface area (Å²) in [5.41, 5.74) is 6.06. The molecule has 5 aromatic rings. The van der Waals surface area contributed by atoms with E-state index >= 15 is 0 Å². The first-order valence-corrected chi connectivity index (χ1v) is 10.2. The van der Waals surface area contributed by atoms with Gasteiger partial charge in [-0.2, -0.15) is 0 Å². The predicted molar refractivity (Wildman–Crippen MR) is 126 cm³/mol. The number of hydrogen-bond donors (Lipinski definition) is 1. The lowest BCUT2D eigenvalue weighted by Crippen LogP contribution is -1.95. The maximum atomic E-state index is 5.90. The van der Waals surface area contributed by atoms with Crippen molar-refractivity contribution in [1.29, 1.82) is 0 Å². The molecule has 0 fully saturated rings. The second-order valence-corrected chi connectivity index (χ2v) is 7.25. The van der Waals surface area contributed by atoms with E-state index in [9.17, 15) is 0 Å². The van der Waals surface area contributed by atoms with Gasteiger partial charge in [-0.3, -0.25) is 4.99 Å². The first kappa shape index (κ1) is 18.8. The molecule has 150 valence electrons. The fourth-order valence-electron chi connectivity index (χ4n) is 3.37. The van der Waals surface area contributed by atoms with Crippen molar-refractivity contribution in [3.8, 4) is 17.1 Å². The number of hydrogen-bond acceptors (Lipinski definition) is 3. The van der Waals surface area contributed by atoms with E-state index in [0.29, 0.717) is 6.61 Å². The second kappa shape index (κ2) is 8.67. The van der Waals surface area contributed by atoms with Crippen LogP contribution in [0, 0.1) is 0 Å². The molecule has 0 aliphatic carbocycles. The third-order valence-electron chi connectivity index (χ3n) is 5.00. The molecule has 0 saturated carbocycles. The largest absolute Gasteiger partial charge is 0.489 e. The molecule has 0 bridgehead atoms. The summed E-state index contributed by atoms with van der Waals surface area (Å²) in [6.07, 6.45) is 1.85. The summed E-state index contributed by atoms with van der Waals surface area (Å²) in [5, 5.41) is 0.